The standard InChI is InChI=1S/C12H16BrClFN/c1-9(2)16(7-6-13)8-10-11(14)4-3-5-12(10)15/h3-5,9H,6-8H2,1-2H3. The average Bonchev–Trinajstić information content (AvgIpc) is 2.21. The van der Waals surface area contributed by atoms with Crippen molar-refractivity contribution in [3.63, 3.8) is 0 Å². The van der Waals surface area contributed by atoms with Crippen molar-refractivity contribution in [2.24, 2.45) is 0 Å². The topological polar surface area (TPSA) is 3.24 Å². The molecule has 0 heterocycles. The zero-order valence-electron chi connectivity index (χ0n) is 9.51. The van der Waals surface area contributed by atoms with Crippen molar-refractivity contribution in [2.45, 2.75) is 26.4 Å². The van der Waals surface area contributed by atoms with E-state index in [0.29, 0.717) is 23.2 Å². The van der Waals surface area contributed by atoms with Crippen LogP contribution in [0.5, 0.6) is 0 Å². The van der Waals surface area contributed by atoms with E-state index in [-0.39, 0.29) is 5.82 Å². The zero-order chi connectivity index (χ0) is 12.1. The van der Waals surface area contributed by atoms with E-state index in [4.69, 9.17) is 11.6 Å². The normalized spacial score (nSPS) is 11.4. The number of nitrogens with zero attached hydrogens (tertiary/aromatic N) is 1. The minimum absolute atomic E-state index is 0.229. The van der Waals surface area contributed by atoms with Crippen LogP contribution in [0.1, 0.15) is 19.4 Å². The van der Waals surface area contributed by atoms with Crippen LogP contribution in [0.3, 0.4) is 0 Å². The summed E-state index contributed by atoms with van der Waals surface area (Å²) in [5.41, 5.74) is 0.582. The van der Waals surface area contributed by atoms with Crippen molar-refractivity contribution < 1.29 is 4.39 Å². The molecule has 0 amide bonds. The second kappa shape index (κ2) is 6.58. The molecule has 1 nitrogen and oxygen atoms in total. The van der Waals surface area contributed by atoms with Gasteiger partial charge in [-0.1, -0.05) is 33.6 Å². The summed E-state index contributed by atoms with van der Waals surface area (Å²) >= 11 is 9.40. The molecule has 1 aromatic rings. The molecule has 0 unspecified atom stereocenters. The molecule has 0 atom stereocenters. The summed E-state index contributed by atoms with van der Waals surface area (Å²) in [4.78, 5) is 2.18. The molecule has 0 radical (unpaired) electrons. The molecular weight excluding hydrogens is 292 g/mol. The fourth-order valence-electron chi connectivity index (χ4n) is 1.51. The molecule has 0 spiro atoms. The molecule has 0 aliphatic rings. The Balaban J connectivity index is 2.84. The van der Waals surface area contributed by atoms with Crippen LogP contribution >= 0.6 is 27.5 Å². The number of alkyl halides is 1. The van der Waals surface area contributed by atoms with Gasteiger partial charge in [-0.2, -0.15) is 0 Å². The van der Waals surface area contributed by atoms with Crippen molar-refractivity contribution in [1.82, 2.24) is 4.90 Å². The van der Waals surface area contributed by atoms with Crippen molar-refractivity contribution in [2.75, 3.05) is 11.9 Å². The van der Waals surface area contributed by atoms with E-state index in [9.17, 15) is 4.39 Å². The first-order valence-electron chi connectivity index (χ1n) is 5.29. The highest BCUT2D eigenvalue weighted by molar-refractivity contribution is 9.09. The third-order valence-electron chi connectivity index (χ3n) is 2.52. The Kier molecular flexibility index (Phi) is 5.73. The Morgan fingerprint density at radius 2 is 2.12 bits per heavy atom. The van der Waals surface area contributed by atoms with Crippen molar-refractivity contribution in [1.29, 1.82) is 0 Å². The van der Waals surface area contributed by atoms with Crippen LogP contribution in [-0.2, 0) is 6.54 Å². The molecule has 0 aromatic heterocycles. The third-order valence-corrected chi connectivity index (χ3v) is 3.23. The van der Waals surface area contributed by atoms with Gasteiger partial charge in [0.05, 0.1) is 0 Å². The number of hydrogen-bond donors (Lipinski definition) is 0. The van der Waals surface area contributed by atoms with Gasteiger partial charge in [0.1, 0.15) is 5.82 Å². The zero-order valence-corrected chi connectivity index (χ0v) is 11.9. The maximum atomic E-state index is 13.6. The molecule has 1 aromatic carbocycles. The molecule has 4 heteroatoms. The van der Waals surface area contributed by atoms with E-state index in [1.165, 1.54) is 6.07 Å². The van der Waals surface area contributed by atoms with E-state index in [1.807, 2.05) is 0 Å². The minimum atomic E-state index is -0.229. The lowest BCUT2D eigenvalue weighted by molar-refractivity contribution is 0.224. The van der Waals surface area contributed by atoms with E-state index < -0.39 is 0 Å². The molecule has 90 valence electrons. The summed E-state index contributed by atoms with van der Waals surface area (Å²) in [7, 11) is 0. The van der Waals surface area contributed by atoms with Crippen molar-refractivity contribution in [3.05, 3.63) is 34.6 Å². The number of rotatable bonds is 5. The van der Waals surface area contributed by atoms with Crippen LogP contribution in [-0.4, -0.2) is 22.8 Å². The molecule has 0 bridgehead atoms. The van der Waals surface area contributed by atoms with Gasteiger partial charge in [-0.05, 0) is 26.0 Å². The Labute approximate surface area is 110 Å². The SMILES string of the molecule is CC(C)N(CCBr)Cc1c(F)cccc1Cl. The molecule has 0 saturated carbocycles. The molecule has 1 rings (SSSR count). The van der Waals surface area contributed by atoms with Gasteiger partial charge in [0, 0.05) is 35.0 Å². The molecular formula is C12H16BrClFN. The second-order valence-corrected chi connectivity index (χ2v) is 5.15. The lowest BCUT2D eigenvalue weighted by Gasteiger charge is -2.26. The Hall–Kier alpha value is -0.120. The number of benzene rings is 1. The predicted molar refractivity (Wildman–Crippen MR) is 70.8 cm³/mol. The van der Waals surface area contributed by atoms with Crippen LogP contribution in [0.4, 0.5) is 4.39 Å². The quantitative estimate of drug-likeness (QED) is 0.741. The van der Waals surface area contributed by atoms with E-state index in [0.717, 1.165) is 11.9 Å². The van der Waals surface area contributed by atoms with Gasteiger partial charge in [-0.15, -0.1) is 0 Å². The lowest BCUT2D eigenvalue weighted by atomic mass is 10.1. The van der Waals surface area contributed by atoms with Gasteiger partial charge < -0.3 is 0 Å². The maximum absolute atomic E-state index is 13.6. The summed E-state index contributed by atoms with van der Waals surface area (Å²) in [6.07, 6.45) is 0. The fourth-order valence-corrected chi connectivity index (χ4v) is 2.19. The molecule has 0 saturated heterocycles. The van der Waals surface area contributed by atoms with Gasteiger partial charge in [-0.25, -0.2) is 4.39 Å². The van der Waals surface area contributed by atoms with Crippen LogP contribution in [0.2, 0.25) is 5.02 Å². The predicted octanol–water partition coefficient (Wildman–Crippen LogP) is 4.08. The second-order valence-electron chi connectivity index (χ2n) is 3.95. The van der Waals surface area contributed by atoms with E-state index in [1.54, 1.807) is 12.1 Å². The highest BCUT2D eigenvalue weighted by Crippen LogP contribution is 2.21. The van der Waals surface area contributed by atoms with Gasteiger partial charge in [0.2, 0.25) is 0 Å². The largest absolute Gasteiger partial charge is 0.296 e. The smallest absolute Gasteiger partial charge is 0.129 e. The summed E-state index contributed by atoms with van der Waals surface area (Å²) in [5.74, 6) is -0.229. The molecule has 0 aliphatic carbocycles. The Morgan fingerprint density at radius 1 is 1.44 bits per heavy atom. The Morgan fingerprint density at radius 3 is 2.62 bits per heavy atom. The van der Waals surface area contributed by atoms with Gasteiger partial charge in [0.15, 0.2) is 0 Å². The number of halogens is 3. The summed E-state index contributed by atoms with van der Waals surface area (Å²) in [6.45, 7) is 5.62. The first kappa shape index (κ1) is 13.9. The fraction of sp³-hybridized carbons (Fsp3) is 0.500. The molecule has 0 N–H and O–H groups in total. The molecule has 16 heavy (non-hydrogen) atoms. The van der Waals surface area contributed by atoms with Crippen molar-refractivity contribution in [3.8, 4) is 0 Å². The molecule has 0 fully saturated rings. The van der Waals surface area contributed by atoms with E-state index in [2.05, 4.69) is 34.7 Å². The average molecular weight is 309 g/mol. The summed E-state index contributed by atoms with van der Waals surface area (Å²) < 4.78 is 13.6. The van der Waals surface area contributed by atoms with Crippen LogP contribution in [0, 0.1) is 5.82 Å². The maximum Gasteiger partial charge on any atom is 0.129 e. The Bertz CT molecular complexity index is 324. The first-order valence-corrected chi connectivity index (χ1v) is 6.79. The first-order chi connectivity index (χ1) is 7.56. The van der Waals surface area contributed by atoms with Crippen LogP contribution in [0.25, 0.3) is 0 Å². The highest BCUT2D eigenvalue weighted by Gasteiger charge is 2.14. The van der Waals surface area contributed by atoms with E-state index >= 15 is 0 Å². The number of hydrogen-bond acceptors (Lipinski definition) is 1. The van der Waals surface area contributed by atoms with Crippen LogP contribution in [0.15, 0.2) is 18.2 Å². The van der Waals surface area contributed by atoms with Crippen LogP contribution < -0.4 is 0 Å². The summed E-state index contributed by atoms with van der Waals surface area (Å²) in [5, 5.41) is 1.37. The minimum Gasteiger partial charge on any atom is -0.296 e. The third kappa shape index (κ3) is 3.72. The molecule has 0 aliphatic heterocycles. The van der Waals surface area contributed by atoms with Gasteiger partial charge in [-0.3, -0.25) is 4.90 Å². The van der Waals surface area contributed by atoms with Crippen molar-refractivity contribution >= 4 is 27.5 Å². The summed E-state index contributed by atoms with van der Waals surface area (Å²) in [6, 6.07) is 5.18. The van der Waals surface area contributed by atoms with Gasteiger partial charge in [0.25, 0.3) is 0 Å². The van der Waals surface area contributed by atoms with Gasteiger partial charge >= 0.3 is 0 Å². The lowest BCUT2D eigenvalue weighted by Crippen LogP contribution is -2.32. The monoisotopic (exact) mass is 307 g/mol. The highest BCUT2D eigenvalue weighted by atomic mass is 79.9.